The summed E-state index contributed by atoms with van der Waals surface area (Å²) in [7, 11) is 0. The molecule has 0 spiro atoms. The van der Waals surface area contributed by atoms with Crippen LogP contribution in [0.25, 0.3) is 0 Å². The number of hydrogen-bond donors (Lipinski definition) is 0. The van der Waals surface area contributed by atoms with E-state index in [1.54, 1.807) is 12.1 Å². The van der Waals surface area contributed by atoms with Crippen molar-refractivity contribution in [3.05, 3.63) is 29.8 Å². The van der Waals surface area contributed by atoms with Gasteiger partial charge in [0, 0.05) is 0 Å². The molecule has 0 radical (unpaired) electrons. The molecule has 0 bridgehead atoms. The molecule has 1 aromatic rings. The molecule has 0 N–H and O–H groups in total. The van der Waals surface area contributed by atoms with Gasteiger partial charge in [-0.3, -0.25) is 0 Å². The summed E-state index contributed by atoms with van der Waals surface area (Å²) in [6.45, 7) is 0. The molecule has 0 unspecified atom stereocenters. The van der Waals surface area contributed by atoms with Gasteiger partial charge in [-0.15, -0.1) is 5.75 Å². The third-order valence-electron chi connectivity index (χ3n) is 2.96. The van der Waals surface area contributed by atoms with Crippen molar-refractivity contribution in [3.8, 4) is 5.75 Å². The van der Waals surface area contributed by atoms with E-state index in [9.17, 15) is 5.11 Å². The molecule has 14 heavy (non-hydrogen) atoms. The molecular weight excluding hydrogens is 167 g/mol. The smallest absolute Gasteiger partial charge is 0.872 e. The van der Waals surface area contributed by atoms with Crippen LogP contribution in [0.3, 0.4) is 0 Å². The minimum Gasteiger partial charge on any atom is -0.872 e. The predicted molar refractivity (Wildman–Crippen MR) is 51.7 cm³/mol. The molecule has 0 aromatic heterocycles. The Kier molecular flexibility index (Phi) is 4.58. The molecule has 2 rings (SSSR count). The first-order valence-corrected chi connectivity index (χ1v) is 5.13. The minimum atomic E-state index is 0. The van der Waals surface area contributed by atoms with E-state index in [4.69, 9.17) is 0 Å². The Balaban J connectivity index is 0.000000980. The molecule has 1 saturated carbocycles. The third kappa shape index (κ3) is 2.80. The number of benzene rings is 1. The van der Waals surface area contributed by atoms with Crippen molar-refractivity contribution >= 4 is 0 Å². The molecule has 0 aliphatic heterocycles. The number of rotatable bonds is 1. The second kappa shape index (κ2) is 5.49. The summed E-state index contributed by atoms with van der Waals surface area (Å²) < 4.78 is 0. The van der Waals surface area contributed by atoms with Crippen molar-refractivity contribution in [2.45, 2.75) is 38.0 Å². The largest absolute Gasteiger partial charge is 1.00 e. The van der Waals surface area contributed by atoms with Gasteiger partial charge in [0.25, 0.3) is 0 Å². The van der Waals surface area contributed by atoms with Gasteiger partial charge >= 0.3 is 18.9 Å². The van der Waals surface area contributed by atoms with Crippen LogP contribution >= 0.6 is 0 Å². The maximum Gasteiger partial charge on any atom is 1.00 e. The zero-order chi connectivity index (χ0) is 9.10. The second-order valence-electron chi connectivity index (χ2n) is 3.90. The van der Waals surface area contributed by atoms with Crippen LogP contribution in [0, 0.1) is 0 Å². The average Bonchev–Trinajstić information content (AvgIpc) is 2.20. The fourth-order valence-electron chi connectivity index (χ4n) is 2.18. The summed E-state index contributed by atoms with van der Waals surface area (Å²) in [5, 5.41) is 10.9. The maximum absolute atomic E-state index is 10.9. The van der Waals surface area contributed by atoms with Crippen molar-refractivity contribution in [1.29, 1.82) is 0 Å². The molecule has 1 aromatic carbocycles. The van der Waals surface area contributed by atoms with Crippen LogP contribution in [0.4, 0.5) is 0 Å². The molecule has 1 aliphatic carbocycles. The Morgan fingerprint density at radius 3 is 2.07 bits per heavy atom. The van der Waals surface area contributed by atoms with E-state index in [-0.39, 0.29) is 24.6 Å². The normalized spacial score (nSPS) is 17.4. The van der Waals surface area contributed by atoms with Crippen molar-refractivity contribution in [3.63, 3.8) is 0 Å². The van der Waals surface area contributed by atoms with E-state index < -0.39 is 0 Å². The van der Waals surface area contributed by atoms with Gasteiger partial charge in [-0.25, -0.2) is 0 Å². The van der Waals surface area contributed by atoms with E-state index in [1.165, 1.54) is 37.7 Å². The fourth-order valence-corrected chi connectivity index (χ4v) is 2.18. The third-order valence-corrected chi connectivity index (χ3v) is 2.96. The zero-order valence-corrected chi connectivity index (χ0v) is 8.83. The first-order valence-electron chi connectivity index (χ1n) is 5.13. The average molecular weight is 182 g/mol. The van der Waals surface area contributed by atoms with Gasteiger partial charge in [-0.05, 0) is 24.3 Å². The quantitative estimate of drug-likeness (QED) is 0.552. The van der Waals surface area contributed by atoms with Gasteiger partial charge in [0.15, 0.2) is 0 Å². The van der Waals surface area contributed by atoms with Crippen LogP contribution in [0.1, 0.15) is 43.6 Å². The van der Waals surface area contributed by atoms with Crippen LogP contribution in [-0.4, -0.2) is 0 Å². The van der Waals surface area contributed by atoms with Gasteiger partial charge in [0.1, 0.15) is 0 Å². The van der Waals surface area contributed by atoms with Crippen molar-refractivity contribution < 1.29 is 24.0 Å². The van der Waals surface area contributed by atoms with Crippen LogP contribution < -0.4 is 24.0 Å². The first kappa shape index (κ1) is 11.7. The Bertz CT molecular complexity index is 262. The van der Waals surface area contributed by atoms with Gasteiger partial charge in [-0.2, -0.15) is 0 Å². The van der Waals surface area contributed by atoms with E-state index in [2.05, 4.69) is 0 Å². The van der Waals surface area contributed by atoms with E-state index in [0.29, 0.717) is 5.92 Å². The second-order valence-corrected chi connectivity index (χ2v) is 3.90. The van der Waals surface area contributed by atoms with Crippen molar-refractivity contribution in [1.82, 2.24) is 0 Å². The molecule has 0 atom stereocenters. The molecule has 1 fully saturated rings. The summed E-state index contributed by atoms with van der Waals surface area (Å²) in [5.41, 5.74) is 1.36. The molecule has 0 saturated heterocycles. The Morgan fingerprint density at radius 2 is 1.50 bits per heavy atom. The van der Waals surface area contributed by atoms with Crippen LogP contribution in [0.2, 0.25) is 0 Å². The topological polar surface area (TPSA) is 23.1 Å². The maximum atomic E-state index is 10.9. The van der Waals surface area contributed by atoms with Gasteiger partial charge < -0.3 is 5.11 Å². The molecule has 70 valence electrons. The SMILES string of the molecule is [Li+].[O-]c1ccc(C2CCCCC2)cc1. The summed E-state index contributed by atoms with van der Waals surface area (Å²) in [5.74, 6) is 0.842. The van der Waals surface area contributed by atoms with Crippen molar-refractivity contribution in [2.24, 2.45) is 0 Å². The molecule has 0 heterocycles. The van der Waals surface area contributed by atoms with Gasteiger partial charge in [-0.1, -0.05) is 43.5 Å². The van der Waals surface area contributed by atoms with Crippen LogP contribution in [0.5, 0.6) is 5.75 Å². The van der Waals surface area contributed by atoms with E-state index in [0.717, 1.165) is 0 Å². The summed E-state index contributed by atoms with van der Waals surface area (Å²) in [6.07, 6.45) is 6.69. The molecular formula is C12H15LiO. The molecule has 2 heteroatoms. The first-order chi connectivity index (χ1) is 6.36. The molecule has 1 aliphatic rings. The molecule has 0 amide bonds. The summed E-state index contributed by atoms with van der Waals surface area (Å²) >= 11 is 0. The van der Waals surface area contributed by atoms with E-state index in [1.807, 2.05) is 12.1 Å². The number of hydrogen-bond acceptors (Lipinski definition) is 1. The minimum absolute atomic E-state index is 0. The standard InChI is InChI=1S/C12H16O.Li/c13-12-8-6-11(7-9-12)10-4-2-1-3-5-10;/h6-10,13H,1-5H2;/q;+1/p-1. The van der Waals surface area contributed by atoms with Gasteiger partial charge in [0.2, 0.25) is 0 Å². The Labute approximate surface area is 97.7 Å². The Morgan fingerprint density at radius 1 is 0.929 bits per heavy atom. The summed E-state index contributed by atoms with van der Waals surface area (Å²) in [6, 6.07) is 7.37. The Hall–Kier alpha value is -0.383. The monoisotopic (exact) mass is 182 g/mol. The zero-order valence-electron chi connectivity index (χ0n) is 8.83. The van der Waals surface area contributed by atoms with Gasteiger partial charge in [0.05, 0.1) is 0 Å². The van der Waals surface area contributed by atoms with Crippen molar-refractivity contribution in [2.75, 3.05) is 0 Å². The van der Waals surface area contributed by atoms with Crippen LogP contribution in [0.15, 0.2) is 24.3 Å². The van der Waals surface area contributed by atoms with E-state index >= 15 is 0 Å². The molecule has 1 nitrogen and oxygen atoms in total. The predicted octanol–water partition coefficient (Wildman–Crippen LogP) is -0.188. The summed E-state index contributed by atoms with van der Waals surface area (Å²) in [4.78, 5) is 0. The fraction of sp³-hybridized carbons (Fsp3) is 0.500. The van der Waals surface area contributed by atoms with Crippen LogP contribution in [-0.2, 0) is 0 Å².